The first kappa shape index (κ1) is 11.2. The maximum absolute atomic E-state index is 12.3. The fourth-order valence-electron chi connectivity index (χ4n) is 1.71. The molecule has 0 aliphatic rings. The van der Waals surface area contributed by atoms with Crippen LogP contribution in [0.2, 0.25) is 0 Å². The molecule has 3 aromatic heterocycles. The largest absolute Gasteiger partial charge is 0.345 e. The summed E-state index contributed by atoms with van der Waals surface area (Å²) in [5.41, 5.74) is 1.86. The highest BCUT2D eigenvalue weighted by molar-refractivity contribution is 7.73. The van der Waals surface area contributed by atoms with Gasteiger partial charge in [0.05, 0.1) is 10.9 Å². The first-order valence-corrected chi connectivity index (χ1v) is 6.42. The van der Waals surface area contributed by atoms with E-state index in [0.717, 1.165) is 5.69 Å². The molecule has 3 heterocycles. The number of H-pyrrole nitrogens is 2. The Morgan fingerprint density at radius 3 is 2.94 bits per heavy atom. The van der Waals surface area contributed by atoms with E-state index in [1.807, 2.05) is 13.0 Å². The Hall–Kier alpha value is -1.86. The molecule has 2 N–H and O–H groups in total. The lowest BCUT2D eigenvalue weighted by atomic mass is 10.2. The molecule has 0 atom stereocenters. The van der Waals surface area contributed by atoms with E-state index in [9.17, 15) is 4.79 Å². The van der Waals surface area contributed by atoms with Gasteiger partial charge in [0.1, 0.15) is 5.65 Å². The topological polar surface area (TPSA) is 74.4 Å². The number of hydrogen-bond donors (Lipinski definition) is 2. The van der Waals surface area contributed by atoms with Crippen molar-refractivity contribution >= 4 is 34.6 Å². The molecule has 0 saturated heterocycles. The van der Waals surface area contributed by atoms with Crippen LogP contribution in [0.5, 0.6) is 0 Å². The summed E-state index contributed by atoms with van der Waals surface area (Å²) in [6, 6.07) is 3.58. The highest BCUT2D eigenvalue weighted by Crippen LogP contribution is 2.19. The molecule has 0 amide bonds. The van der Waals surface area contributed by atoms with Crippen molar-refractivity contribution < 1.29 is 0 Å². The number of hydrogen-bond acceptors (Lipinski definition) is 5. The third kappa shape index (κ3) is 1.77. The summed E-state index contributed by atoms with van der Waals surface area (Å²) in [5, 5.41) is 7.83. The van der Waals surface area contributed by atoms with E-state index in [0.29, 0.717) is 25.6 Å². The zero-order chi connectivity index (χ0) is 12.7. The molecule has 5 nitrogen and oxygen atoms in total. The van der Waals surface area contributed by atoms with Crippen molar-refractivity contribution in [2.75, 3.05) is 0 Å². The van der Waals surface area contributed by atoms with Gasteiger partial charge in [0, 0.05) is 11.9 Å². The molecule has 3 aromatic rings. The van der Waals surface area contributed by atoms with Gasteiger partial charge in [0.15, 0.2) is 8.96 Å². The smallest absolute Gasteiger partial charge is 0.201 e. The molecule has 0 saturated carbocycles. The van der Waals surface area contributed by atoms with E-state index >= 15 is 0 Å². The second kappa shape index (κ2) is 4.11. The van der Waals surface area contributed by atoms with Crippen molar-refractivity contribution in [1.29, 1.82) is 0 Å². The summed E-state index contributed by atoms with van der Waals surface area (Å²) >= 11 is 6.24. The molecule has 0 aliphatic heterocycles. The fourth-order valence-corrected chi connectivity index (χ4v) is 2.61. The van der Waals surface area contributed by atoms with Crippen LogP contribution in [-0.4, -0.2) is 20.2 Å². The first-order chi connectivity index (χ1) is 8.65. The molecule has 0 spiro atoms. The molecule has 0 aromatic carbocycles. The Bertz CT molecular complexity index is 846. The minimum absolute atomic E-state index is 0.0889. The van der Waals surface area contributed by atoms with Gasteiger partial charge < -0.3 is 4.98 Å². The van der Waals surface area contributed by atoms with Crippen LogP contribution in [0.15, 0.2) is 23.1 Å². The van der Waals surface area contributed by atoms with Crippen LogP contribution in [0, 0.1) is 10.9 Å². The van der Waals surface area contributed by atoms with Gasteiger partial charge in [-0.2, -0.15) is 5.10 Å². The third-order valence-electron chi connectivity index (χ3n) is 2.55. The Morgan fingerprint density at radius 1 is 1.39 bits per heavy atom. The minimum Gasteiger partial charge on any atom is -0.345 e. The van der Waals surface area contributed by atoms with Crippen molar-refractivity contribution in [2.24, 2.45) is 0 Å². The summed E-state index contributed by atoms with van der Waals surface area (Å²) in [6.07, 6.45) is 1.62. The predicted octanol–water partition coefficient (Wildman–Crippen LogP) is 2.41. The van der Waals surface area contributed by atoms with Gasteiger partial charge in [0.2, 0.25) is 5.43 Å². The van der Waals surface area contributed by atoms with E-state index in [1.54, 1.807) is 12.3 Å². The highest BCUT2D eigenvalue weighted by atomic mass is 32.1. The van der Waals surface area contributed by atoms with Crippen LogP contribution in [0.1, 0.15) is 5.69 Å². The van der Waals surface area contributed by atoms with Gasteiger partial charge in [-0.3, -0.25) is 9.89 Å². The summed E-state index contributed by atoms with van der Waals surface area (Å²) in [6.45, 7) is 1.88. The first-order valence-electron chi connectivity index (χ1n) is 5.20. The van der Waals surface area contributed by atoms with Gasteiger partial charge in [0.25, 0.3) is 0 Å². The van der Waals surface area contributed by atoms with Crippen LogP contribution in [0.4, 0.5) is 0 Å². The molecule has 3 rings (SSSR count). The Balaban J connectivity index is 2.33. The van der Waals surface area contributed by atoms with Gasteiger partial charge in [-0.25, -0.2) is 4.98 Å². The maximum Gasteiger partial charge on any atom is 0.201 e. The van der Waals surface area contributed by atoms with Gasteiger partial charge in [-0.15, -0.1) is 0 Å². The van der Waals surface area contributed by atoms with Crippen molar-refractivity contribution in [2.45, 2.75) is 6.92 Å². The second-order valence-electron chi connectivity index (χ2n) is 3.80. The lowest BCUT2D eigenvalue weighted by Crippen LogP contribution is -2.07. The molecule has 90 valence electrons. The Kier molecular flexibility index (Phi) is 2.57. The SMILES string of the molecule is Cc1ccc2c(=O)c(-c3n[nH]c(=S)s3)c[nH]c2n1. The Labute approximate surface area is 111 Å². The van der Waals surface area contributed by atoms with Gasteiger partial charge in [-0.05, 0) is 31.3 Å². The maximum atomic E-state index is 12.3. The van der Waals surface area contributed by atoms with Crippen LogP contribution < -0.4 is 5.43 Å². The number of aromatic nitrogens is 4. The molecule has 0 fully saturated rings. The fraction of sp³-hybridized carbons (Fsp3) is 0.0909. The van der Waals surface area contributed by atoms with Crippen LogP contribution in [0.25, 0.3) is 21.6 Å². The van der Waals surface area contributed by atoms with E-state index in [1.165, 1.54) is 11.3 Å². The van der Waals surface area contributed by atoms with Crippen molar-refractivity contribution in [3.8, 4) is 10.6 Å². The minimum atomic E-state index is -0.0889. The molecule has 0 bridgehead atoms. The zero-order valence-corrected chi connectivity index (χ0v) is 11.0. The lowest BCUT2D eigenvalue weighted by Gasteiger charge is -2.00. The van der Waals surface area contributed by atoms with Gasteiger partial charge >= 0.3 is 0 Å². The van der Waals surface area contributed by atoms with Crippen molar-refractivity contribution in [3.63, 3.8) is 0 Å². The lowest BCUT2D eigenvalue weighted by molar-refractivity contribution is 1.08. The van der Waals surface area contributed by atoms with Crippen molar-refractivity contribution in [3.05, 3.63) is 38.2 Å². The third-order valence-corrected chi connectivity index (χ3v) is 3.67. The molecule has 0 unspecified atom stereocenters. The highest BCUT2D eigenvalue weighted by Gasteiger charge is 2.10. The van der Waals surface area contributed by atoms with Gasteiger partial charge in [-0.1, -0.05) is 11.3 Å². The summed E-state index contributed by atoms with van der Waals surface area (Å²) < 4.78 is 0.548. The molecule has 0 aliphatic carbocycles. The van der Waals surface area contributed by atoms with Crippen molar-refractivity contribution in [1.82, 2.24) is 20.2 Å². The number of pyridine rings is 2. The number of nitrogens with one attached hydrogen (secondary N) is 2. The number of nitrogens with zero attached hydrogens (tertiary/aromatic N) is 2. The van der Waals surface area contributed by atoms with E-state index < -0.39 is 0 Å². The number of aromatic amines is 2. The second-order valence-corrected chi connectivity index (χ2v) is 5.46. The molecule has 18 heavy (non-hydrogen) atoms. The monoisotopic (exact) mass is 276 g/mol. The van der Waals surface area contributed by atoms with E-state index in [4.69, 9.17) is 12.2 Å². The number of rotatable bonds is 1. The van der Waals surface area contributed by atoms with Crippen LogP contribution >= 0.6 is 23.6 Å². The average molecular weight is 276 g/mol. The predicted molar refractivity (Wildman–Crippen MR) is 73.4 cm³/mol. The molecular weight excluding hydrogens is 268 g/mol. The molecular formula is C11H8N4OS2. The average Bonchev–Trinajstić information content (AvgIpc) is 2.76. The van der Waals surface area contributed by atoms with Crippen LogP contribution in [0.3, 0.4) is 0 Å². The summed E-state index contributed by atoms with van der Waals surface area (Å²) in [7, 11) is 0. The normalized spacial score (nSPS) is 10.9. The van der Waals surface area contributed by atoms with E-state index in [-0.39, 0.29) is 5.43 Å². The number of fused-ring (bicyclic) bond motifs is 1. The Morgan fingerprint density at radius 2 is 2.22 bits per heavy atom. The zero-order valence-electron chi connectivity index (χ0n) is 9.35. The molecule has 0 radical (unpaired) electrons. The standard InChI is InChI=1S/C11H8N4OS2/c1-5-2-3-6-8(16)7(4-12-9(6)13-5)10-14-15-11(17)18-10/h2-4H,1H3,(H,15,17)(H,12,13,16). The summed E-state index contributed by atoms with van der Waals surface area (Å²) in [5.74, 6) is 0. The summed E-state index contributed by atoms with van der Waals surface area (Å²) in [4.78, 5) is 19.6. The van der Waals surface area contributed by atoms with E-state index in [2.05, 4.69) is 20.2 Å². The van der Waals surface area contributed by atoms with Crippen LogP contribution in [-0.2, 0) is 0 Å². The number of aryl methyl sites for hydroxylation is 1. The quantitative estimate of drug-likeness (QED) is 0.669. The molecule has 7 heteroatoms.